The normalized spacial score (nSPS) is 46.8. The first-order valence-electron chi connectivity index (χ1n) is 14.1. The van der Waals surface area contributed by atoms with Crippen LogP contribution < -0.4 is 11.1 Å². The number of rotatable bonds is 8. The van der Waals surface area contributed by atoms with Crippen LogP contribution in [0, 0.1) is 46.3 Å². The van der Waals surface area contributed by atoms with Gasteiger partial charge in [0, 0.05) is 13.0 Å². The van der Waals surface area contributed by atoms with Crippen LogP contribution in [0.4, 0.5) is 0 Å². The van der Waals surface area contributed by atoms with Gasteiger partial charge in [-0.1, -0.05) is 20.8 Å². The van der Waals surface area contributed by atoms with Crippen LogP contribution in [-0.2, 0) is 4.79 Å². The number of hydrogen-bond acceptors (Lipinski definition) is 5. The predicted molar refractivity (Wildman–Crippen MR) is 134 cm³/mol. The third kappa shape index (κ3) is 4.57. The molecule has 6 N–H and O–H groups in total. The monoisotopic (exact) mass is 478 g/mol. The van der Waals surface area contributed by atoms with Crippen molar-refractivity contribution in [3.63, 3.8) is 0 Å². The van der Waals surface area contributed by atoms with E-state index in [1.807, 2.05) is 0 Å². The third-order valence-corrected chi connectivity index (χ3v) is 11.3. The molecule has 4 aliphatic carbocycles. The average Bonchev–Trinajstić information content (AvgIpc) is 3.15. The first kappa shape index (κ1) is 26.4. The Morgan fingerprint density at radius 3 is 2.56 bits per heavy atom. The standard InChI is InChI=1S/C28H50N2O4/c1-17(6-9-25(34)30-13-5-4-12-29)20-7-8-21-26-22(16-24(33)28(20,21)3)27(2)11-10-19(31)14-18(27)15-23(26)32/h17-24,26,31-33H,4-16,29H2,1-3H3,(H,30,34)/t17-,18+,19-,20+,21+,22+,23-,24+,26+,27+,28-/m1/s1. The van der Waals surface area contributed by atoms with E-state index in [9.17, 15) is 20.1 Å². The smallest absolute Gasteiger partial charge is 0.220 e. The van der Waals surface area contributed by atoms with Crippen molar-refractivity contribution in [1.82, 2.24) is 5.32 Å². The van der Waals surface area contributed by atoms with Crippen LogP contribution in [0.15, 0.2) is 0 Å². The van der Waals surface area contributed by atoms with E-state index in [-0.39, 0.29) is 41.0 Å². The number of unbranched alkanes of at least 4 members (excludes halogenated alkanes) is 1. The Morgan fingerprint density at radius 2 is 1.82 bits per heavy atom. The van der Waals surface area contributed by atoms with Gasteiger partial charge in [0.25, 0.3) is 0 Å². The molecule has 0 radical (unpaired) electrons. The van der Waals surface area contributed by atoms with Crippen molar-refractivity contribution in [3.8, 4) is 0 Å². The van der Waals surface area contributed by atoms with E-state index in [4.69, 9.17) is 5.73 Å². The Labute approximate surface area is 206 Å². The van der Waals surface area contributed by atoms with E-state index < -0.39 is 0 Å². The second kappa shape index (κ2) is 10.4. The Hall–Kier alpha value is -0.690. The molecule has 0 saturated heterocycles. The van der Waals surface area contributed by atoms with Gasteiger partial charge in [0.1, 0.15) is 0 Å². The number of carbonyl (C=O) groups is 1. The zero-order valence-corrected chi connectivity index (χ0v) is 21.7. The number of nitrogens with two attached hydrogens (primary N) is 1. The minimum Gasteiger partial charge on any atom is -0.393 e. The van der Waals surface area contributed by atoms with Crippen LogP contribution in [0.2, 0.25) is 0 Å². The second-order valence-electron chi connectivity index (χ2n) is 12.9. The zero-order valence-electron chi connectivity index (χ0n) is 21.7. The Kier molecular flexibility index (Phi) is 8.03. The second-order valence-corrected chi connectivity index (χ2v) is 12.9. The molecular weight excluding hydrogens is 428 g/mol. The third-order valence-electron chi connectivity index (χ3n) is 11.3. The largest absolute Gasteiger partial charge is 0.393 e. The maximum atomic E-state index is 12.3. The number of amides is 1. The van der Waals surface area contributed by atoms with Crippen LogP contribution in [0.1, 0.15) is 91.4 Å². The lowest BCUT2D eigenvalue weighted by molar-refractivity contribution is -0.207. The molecule has 1 amide bonds. The van der Waals surface area contributed by atoms with Crippen LogP contribution in [0.3, 0.4) is 0 Å². The van der Waals surface area contributed by atoms with Gasteiger partial charge >= 0.3 is 0 Å². The van der Waals surface area contributed by atoms with Gasteiger partial charge in [-0.2, -0.15) is 0 Å². The molecule has 11 atom stereocenters. The van der Waals surface area contributed by atoms with Crippen LogP contribution >= 0.6 is 0 Å². The molecule has 4 aliphatic rings. The topological polar surface area (TPSA) is 116 Å². The van der Waals surface area contributed by atoms with Crippen molar-refractivity contribution in [2.24, 2.45) is 52.1 Å². The Bertz CT molecular complexity index is 719. The van der Waals surface area contributed by atoms with Crippen molar-refractivity contribution in [3.05, 3.63) is 0 Å². The van der Waals surface area contributed by atoms with Gasteiger partial charge in [-0.05, 0) is 117 Å². The predicted octanol–water partition coefficient (Wildman–Crippen LogP) is 3.22. The first-order valence-corrected chi connectivity index (χ1v) is 14.1. The van der Waals surface area contributed by atoms with Gasteiger partial charge < -0.3 is 26.4 Å². The molecule has 6 nitrogen and oxygen atoms in total. The number of nitrogens with one attached hydrogen (secondary N) is 1. The summed E-state index contributed by atoms with van der Waals surface area (Å²) in [4.78, 5) is 12.3. The fraction of sp³-hybridized carbons (Fsp3) is 0.964. The lowest BCUT2D eigenvalue weighted by Crippen LogP contribution is -2.62. The average molecular weight is 479 g/mol. The molecule has 0 bridgehead atoms. The van der Waals surface area contributed by atoms with Gasteiger partial charge in [-0.25, -0.2) is 0 Å². The highest BCUT2D eigenvalue weighted by molar-refractivity contribution is 5.75. The highest BCUT2D eigenvalue weighted by Gasteiger charge is 2.65. The molecule has 6 heteroatoms. The molecule has 4 fully saturated rings. The van der Waals surface area contributed by atoms with Gasteiger partial charge in [-0.15, -0.1) is 0 Å². The van der Waals surface area contributed by atoms with E-state index in [1.54, 1.807) is 0 Å². The number of carbonyl (C=O) groups excluding carboxylic acids is 1. The maximum absolute atomic E-state index is 12.3. The molecule has 0 aromatic heterocycles. The van der Waals surface area contributed by atoms with Crippen molar-refractivity contribution in [1.29, 1.82) is 0 Å². The summed E-state index contributed by atoms with van der Waals surface area (Å²) in [6.07, 6.45) is 8.64. The zero-order chi connectivity index (χ0) is 24.7. The summed E-state index contributed by atoms with van der Waals surface area (Å²) >= 11 is 0. The number of aliphatic hydroxyl groups excluding tert-OH is 3. The molecular formula is C28H50N2O4. The summed E-state index contributed by atoms with van der Waals surface area (Å²) in [6.45, 7) is 8.28. The molecule has 0 spiro atoms. The molecule has 4 saturated carbocycles. The molecule has 34 heavy (non-hydrogen) atoms. The molecule has 0 heterocycles. The first-order chi connectivity index (χ1) is 16.1. The van der Waals surface area contributed by atoms with E-state index in [0.717, 1.165) is 64.2 Å². The maximum Gasteiger partial charge on any atom is 0.220 e. The summed E-state index contributed by atoms with van der Waals surface area (Å²) in [6, 6.07) is 0. The SMILES string of the molecule is C[C@H](CCC(=O)NCCCCN)[C@@H]1CC[C@H]2[C@@H]3[C@H](O)C[C@@H]4C[C@H](O)CC[C@]4(C)[C@H]3C[C@H](O)[C@@]21C. The van der Waals surface area contributed by atoms with Crippen molar-refractivity contribution in [2.45, 2.75) is 110 Å². The fourth-order valence-corrected chi connectivity index (χ4v) is 9.28. The Balaban J connectivity index is 1.43. The lowest BCUT2D eigenvalue weighted by Gasteiger charge is -2.63. The van der Waals surface area contributed by atoms with Crippen LogP contribution in [-0.4, -0.2) is 52.6 Å². The highest BCUT2D eigenvalue weighted by atomic mass is 16.3. The summed E-state index contributed by atoms with van der Waals surface area (Å²) in [5.41, 5.74) is 5.44. The summed E-state index contributed by atoms with van der Waals surface area (Å²) in [5, 5.41) is 36.4. The summed E-state index contributed by atoms with van der Waals surface area (Å²) in [7, 11) is 0. The van der Waals surface area contributed by atoms with E-state index >= 15 is 0 Å². The van der Waals surface area contributed by atoms with E-state index in [0.29, 0.717) is 49.1 Å². The molecule has 0 unspecified atom stereocenters. The molecule has 0 aromatic rings. The van der Waals surface area contributed by atoms with Gasteiger partial charge in [-0.3, -0.25) is 4.79 Å². The number of hydrogen-bond donors (Lipinski definition) is 5. The molecule has 4 rings (SSSR count). The minimum atomic E-state index is -0.367. The minimum absolute atomic E-state index is 0.108. The Morgan fingerprint density at radius 1 is 1.06 bits per heavy atom. The summed E-state index contributed by atoms with van der Waals surface area (Å²) < 4.78 is 0. The fourth-order valence-electron chi connectivity index (χ4n) is 9.28. The summed E-state index contributed by atoms with van der Waals surface area (Å²) in [5.74, 6) is 2.12. The number of fused-ring (bicyclic) bond motifs is 5. The van der Waals surface area contributed by atoms with Gasteiger partial charge in [0.2, 0.25) is 5.91 Å². The van der Waals surface area contributed by atoms with Crippen LogP contribution in [0.25, 0.3) is 0 Å². The molecule has 196 valence electrons. The van der Waals surface area contributed by atoms with Crippen LogP contribution in [0.5, 0.6) is 0 Å². The molecule has 0 aromatic carbocycles. The van der Waals surface area contributed by atoms with E-state index in [1.165, 1.54) is 0 Å². The van der Waals surface area contributed by atoms with Crippen molar-refractivity contribution in [2.75, 3.05) is 13.1 Å². The van der Waals surface area contributed by atoms with E-state index in [2.05, 4.69) is 26.1 Å². The van der Waals surface area contributed by atoms with Crippen molar-refractivity contribution < 1.29 is 20.1 Å². The van der Waals surface area contributed by atoms with Gasteiger partial charge in [0.15, 0.2) is 0 Å². The quantitative estimate of drug-likeness (QED) is 0.344. The molecule has 0 aliphatic heterocycles. The highest BCUT2D eigenvalue weighted by Crippen LogP contribution is 2.68. The van der Waals surface area contributed by atoms with Crippen molar-refractivity contribution >= 4 is 5.91 Å². The van der Waals surface area contributed by atoms with Gasteiger partial charge in [0.05, 0.1) is 18.3 Å². The number of aliphatic hydroxyl groups is 3. The lowest BCUT2D eigenvalue weighted by atomic mass is 9.43.